The predicted octanol–water partition coefficient (Wildman–Crippen LogP) is 5.87. The zero-order valence-corrected chi connectivity index (χ0v) is 15.9. The van der Waals surface area contributed by atoms with Crippen LogP contribution in [0.4, 0.5) is 13.2 Å². The Morgan fingerprint density at radius 1 is 0.966 bits per heavy atom. The summed E-state index contributed by atoms with van der Waals surface area (Å²) < 4.78 is 43.9. The van der Waals surface area contributed by atoms with Crippen LogP contribution in [0.3, 0.4) is 0 Å². The Balaban J connectivity index is 1.56. The second kappa shape index (κ2) is 9.01. The van der Waals surface area contributed by atoms with Crippen LogP contribution in [0, 0.1) is 0 Å². The molecule has 0 bridgehead atoms. The summed E-state index contributed by atoms with van der Waals surface area (Å²) in [6.45, 7) is 0.286. The van der Waals surface area contributed by atoms with Crippen LogP contribution in [-0.2, 0) is 19.3 Å². The fourth-order valence-electron chi connectivity index (χ4n) is 2.62. The molecule has 0 unspecified atom stereocenters. The van der Waals surface area contributed by atoms with Crippen LogP contribution in [0.1, 0.15) is 27.0 Å². The minimum Gasteiger partial charge on any atom is -0.489 e. The first-order valence-electron chi connectivity index (χ1n) is 8.73. The molecule has 0 aliphatic heterocycles. The molecule has 150 valence electrons. The monoisotopic (exact) mass is 419 g/mol. The van der Waals surface area contributed by atoms with E-state index in [0.717, 1.165) is 17.7 Å². The van der Waals surface area contributed by atoms with Crippen LogP contribution in [0.2, 0.25) is 5.02 Å². The molecule has 3 rings (SSSR count). The number of carbonyl (C=O) groups excluding carboxylic acids is 1. The van der Waals surface area contributed by atoms with Gasteiger partial charge in [-0.15, -0.1) is 0 Å². The molecule has 0 radical (unpaired) electrons. The molecule has 0 spiro atoms. The summed E-state index contributed by atoms with van der Waals surface area (Å²) in [5.41, 5.74) is 0.844. The van der Waals surface area contributed by atoms with Crippen molar-refractivity contribution in [2.45, 2.75) is 19.3 Å². The van der Waals surface area contributed by atoms with Gasteiger partial charge in [-0.25, -0.2) is 0 Å². The van der Waals surface area contributed by atoms with E-state index < -0.39 is 11.7 Å². The van der Waals surface area contributed by atoms with Crippen molar-refractivity contribution in [3.63, 3.8) is 0 Å². The number of alkyl halides is 3. The van der Waals surface area contributed by atoms with Crippen LogP contribution in [0.5, 0.6) is 5.75 Å². The molecule has 3 aromatic rings. The molecule has 0 aliphatic carbocycles. The zero-order chi connectivity index (χ0) is 20.9. The number of amides is 1. The first-order valence-corrected chi connectivity index (χ1v) is 9.11. The molecule has 7 heteroatoms. The number of carbonyl (C=O) groups is 1. The third kappa shape index (κ3) is 5.74. The third-order valence-corrected chi connectivity index (χ3v) is 4.54. The van der Waals surface area contributed by atoms with Gasteiger partial charge in [0.05, 0.1) is 5.56 Å². The fraction of sp³-hybridized carbons (Fsp3) is 0.136. The Labute approximate surface area is 171 Å². The van der Waals surface area contributed by atoms with Crippen LogP contribution in [-0.4, -0.2) is 5.91 Å². The second-order valence-corrected chi connectivity index (χ2v) is 6.69. The van der Waals surface area contributed by atoms with E-state index in [2.05, 4.69) is 5.32 Å². The molecule has 0 aliphatic rings. The van der Waals surface area contributed by atoms with Crippen LogP contribution in [0.15, 0.2) is 72.8 Å². The third-order valence-electron chi connectivity index (χ3n) is 4.18. The van der Waals surface area contributed by atoms with Gasteiger partial charge < -0.3 is 10.1 Å². The first-order chi connectivity index (χ1) is 13.8. The second-order valence-electron chi connectivity index (χ2n) is 6.29. The quantitative estimate of drug-likeness (QED) is 0.542. The highest BCUT2D eigenvalue weighted by Gasteiger charge is 2.30. The summed E-state index contributed by atoms with van der Waals surface area (Å²) >= 11 is 6.08. The van der Waals surface area contributed by atoms with Crippen molar-refractivity contribution in [3.8, 4) is 5.75 Å². The van der Waals surface area contributed by atoms with Gasteiger partial charge in [0, 0.05) is 22.7 Å². The van der Waals surface area contributed by atoms with Crippen LogP contribution >= 0.6 is 11.6 Å². The minimum atomic E-state index is -4.42. The molecule has 1 amide bonds. The highest BCUT2D eigenvalue weighted by atomic mass is 35.5. The number of halogens is 4. The van der Waals surface area contributed by atoms with E-state index in [1.165, 1.54) is 12.1 Å². The highest BCUT2D eigenvalue weighted by molar-refractivity contribution is 6.31. The summed E-state index contributed by atoms with van der Waals surface area (Å²) in [4.78, 5) is 12.2. The average molecular weight is 420 g/mol. The lowest BCUT2D eigenvalue weighted by molar-refractivity contribution is -0.137. The van der Waals surface area contributed by atoms with Crippen molar-refractivity contribution in [2.24, 2.45) is 0 Å². The van der Waals surface area contributed by atoms with E-state index in [9.17, 15) is 18.0 Å². The average Bonchev–Trinajstić information content (AvgIpc) is 2.71. The van der Waals surface area contributed by atoms with Crippen molar-refractivity contribution >= 4 is 17.5 Å². The topological polar surface area (TPSA) is 38.3 Å². The summed E-state index contributed by atoms with van der Waals surface area (Å²) in [5, 5.41) is 3.22. The number of rotatable bonds is 6. The Hall–Kier alpha value is -2.99. The lowest BCUT2D eigenvalue weighted by Crippen LogP contribution is -2.23. The highest BCUT2D eigenvalue weighted by Crippen LogP contribution is 2.29. The SMILES string of the molecule is O=C(NCc1cccc(C(F)(F)F)c1)c1ccc(OCc2ccccc2Cl)cc1. The number of hydrogen-bond donors (Lipinski definition) is 1. The number of benzene rings is 3. The summed E-state index contributed by atoms with van der Waals surface area (Å²) in [5.74, 6) is 0.180. The number of ether oxygens (including phenoxy) is 1. The van der Waals surface area contributed by atoms with Gasteiger partial charge in [0.25, 0.3) is 5.91 Å². The van der Waals surface area contributed by atoms with E-state index in [-0.39, 0.29) is 12.5 Å². The molecule has 3 aromatic carbocycles. The van der Waals surface area contributed by atoms with Gasteiger partial charge in [0.2, 0.25) is 0 Å². The van der Waals surface area contributed by atoms with Gasteiger partial charge in [-0.2, -0.15) is 13.2 Å². The lowest BCUT2D eigenvalue weighted by atomic mass is 10.1. The van der Waals surface area contributed by atoms with Gasteiger partial charge >= 0.3 is 6.18 Å². The molecule has 0 saturated heterocycles. The Morgan fingerprint density at radius 3 is 2.38 bits per heavy atom. The van der Waals surface area contributed by atoms with E-state index >= 15 is 0 Å². The van der Waals surface area contributed by atoms with E-state index in [0.29, 0.717) is 28.5 Å². The smallest absolute Gasteiger partial charge is 0.416 e. The molecule has 0 aromatic heterocycles. The van der Waals surface area contributed by atoms with Gasteiger partial charge in [-0.05, 0) is 48.0 Å². The molecule has 0 fully saturated rings. The van der Waals surface area contributed by atoms with Gasteiger partial charge in [0.1, 0.15) is 12.4 Å². The van der Waals surface area contributed by atoms with Crippen molar-refractivity contribution in [2.75, 3.05) is 0 Å². The molecular formula is C22H17ClF3NO2. The van der Waals surface area contributed by atoms with Gasteiger partial charge in [-0.3, -0.25) is 4.79 Å². The Morgan fingerprint density at radius 2 is 1.69 bits per heavy atom. The van der Waals surface area contributed by atoms with E-state index in [1.807, 2.05) is 18.2 Å². The van der Waals surface area contributed by atoms with Crippen molar-refractivity contribution < 1.29 is 22.7 Å². The van der Waals surface area contributed by atoms with Crippen molar-refractivity contribution in [1.82, 2.24) is 5.32 Å². The Kier molecular flexibility index (Phi) is 6.44. The standard InChI is InChI=1S/C22H17ClF3NO2/c23-20-7-2-1-5-17(20)14-29-19-10-8-16(9-11-19)21(28)27-13-15-4-3-6-18(12-15)22(24,25)26/h1-12H,13-14H2,(H,27,28). The number of hydrogen-bond acceptors (Lipinski definition) is 2. The van der Waals surface area contributed by atoms with Gasteiger partial charge in [0.15, 0.2) is 0 Å². The summed E-state index contributed by atoms with van der Waals surface area (Å²) in [6, 6.07) is 18.7. The fourth-order valence-corrected chi connectivity index (χ4v) is 2.81. The van der Waals surface area contributed by atoms with Crippen LogP contribution < -0.4 is 10.1 Å². The maximum atomic E-state index is 12.8. The van der Waals surface area contributed by atoms with Crippen molar-refractivity contribution in [3.05, 3.63) is 100 Å². The molecular weight excluding hydrogens is 403 g/mol. The molecule has 3 nitrogen and oxygen atoms in total. The molecule has 29 heavy (non-hydrogen) atoms. The summed E-state index contributed by atoms with van der Waals surface area (Å²) in [6.07, 6.45) is -4.42. The normalized spacial score (nSPS) is 11.2. The predicted molar refractivity (Wildman–Crippen MR) is 105 cm³/mol. The minimum absolute atomic E-state index is 0.00644. The molecule has 0 heterocycles. The molecule has 0 atom stereocenters. The maximum absolute atomic E-state index is 12.8. The van der Waals surface area contributed by atoms with Crippen LogP contribution in [0.25, 0.3) is 0 Å². The largest absolute Gasteiger partial charge is 0.489 e. The summed E-state index contributed by atoms with van der Waals surface area (Å²) in [7, 11) is 0. The van der Waals surface area contributed by atoms with E-state index in [1.54, 1.807) is 30.3 Å². The first kappa shape index (κ1) is 20.7. The molecule has 0 saturated carbocycles. The Bertz CT molecular complexity index is 988. The maximum Gasteiger partial charge on any atom is 0.416 e. The number of nitrogens with one attached hydrogen (secondary N) is 1. The van der Waals surface area contributed by atoms with Crippen molar-refractivity contribution in [1.29, 1.82) is 0 Å². The lowest BCUT2D eigenvalue weighted by Gasteiger charge is -2.10. The molecule has 1 N–H and O–H groups in total. The van der Waals surface area contributed by atoms with E-state index in [4.69, 9.17) is 16.3 Å². The van der Waals surface area contributed by atoms with Gasteiger partial charge in [-0.1, -0.05) is 41.9 Å². The zero-order valence-electron chi connectivity index (χ0n) is 15.2.